The van der Waals surface area contributed by atoms with Crippen molar-refractivity contribution in [3.05, 3.63) is 69.3 Å². The average Bonchev–Trinajstić information content (AvgIpc) is 3.11. The van der Waals surface area contributed by atoms with Crippen LogP contribution in [0.15, 0.2) is 53.0 Å². The maximum Gasteiger partial charge on any atom is 0.338 e. The molecule has 2 heterocycles. The number of esters is 1. The van der Waals surface area contributed by atoms with E-state index in [1.165, 1.54) is 28.4 Å². The zero-order valence-electron chi connectivity index (χ0n) is 14.5. The lowest BCUT2D eigenvalue weighted by Gasteiger charge is -2.35. The molecule has 26 heavy (non-hydrogen) atoms. The van der Waals surface area contributed by atoms with Crippen molar-refractivity contribution in [3.8, 4) is 0 Å². The van der Waals surface area contributed by atoms with Crippen molar-refractivity contribution in [2.75, 3.05) is 6.61 Å². The Bertz CT molecular complexity index is 848. The van der Waals surface area contributed by atoms with Crippen LogP contribution < -0.4 is 5.32 Å². The van der Waals surface area contributed by atoms with E-state index >= 15 is 0 Å². The van der Waals surface area contributed by atoms with Gasteiger partial charge in [-0.2, -0.15) is 0 Å². The second kappa shape index (κ2) is 7.70. The molecule has 0 bridgehead atoms. The summed E-state index contributed by atoms with van der Waals surface area (Å²) in [7, 11) is 0. The van der Waals surface area contributed by atoms with Crippen LogP contribution in [0.4, 0.5) is 9.18 Å². The van der Waals surface area contributed by atoms with E-state index < -0.39 is 17.8 Å². The molecule has 0 aliphatic carbocycles. The van der Waals surface area contributed by atoms with E-state index in [9.17, 15) is 14.0 Å². The Morgan fingerprint density at radius 3 is 2.81 bits per heavy atom. The molecule has 0 fully saturated rings. The number of carbonyl (C=O) groups is 2. The fourth-order valence-electron chi connectivity index (χ4n) is 2.94. The first-order valence-corrected chi connectivity index (χ1v) is 9.13. The highest BCUT2D eigenvalue weighted by molar-refractivity contribution is 7.09. The Hall–Kier alpha value is -2.67. The lowest BCUT2D eigenvalue weighted by molar-refractivity contribution is -0.139. The number of nitrogens with zero attached hydrogens (tertiary/aromatic N) is 1. The molecule has 1 aromatic carbocycles. The smallest absolute Gasteiger partial charge is 0.338 e. The van der Waals surface area contributed by atoms with E-state index in [0.717, 1.165) is 4.88 Å². The minimum absolute atomic E-state index is 0.213. The van der Waals surface area contributed by atoms with Gasteiger partial charge < -0.3 is 10.1 Å². The molecule has 0 radical (unpaired) electrons. The van der Waals surface area contributed by atoms with Crippen molar-refractivity contribution in [3.63, 3.8) is 0 Å². The molecule has 136 valence electrons. The van der Waals surface area contributed by atoms with Crippen molar-refractivity contribution in [1.82, 2.24) is 10.2 Å². The molecule has 3 rings (SSSR count). The summed E-state index contributed by atoms with van der Waals surface area (Å²) < 4.78 is 18.9. The van der Waals surface area contributed by atoms with Gasteiger partial charge in [-0.3, -0.25) is 4.90 Å². The summed E-state index contributed by atoms with van der Waals surface area (Å²) in [6, 6.07) is 8.60. The molecule has 1 aliphatic rings. The number of urea groups is 1. The third-order valence-corrected chi connectivity index (χ3v) is 5.03. The Morgan fingerprint density at radius 2 is 2.15 bits per heavy atom. The number of halogens is 1. The molecule has 2 aromatic rings. The molecule has 1 aromatic heterocycles. The normalized spacial score (nSPS) is 17.3. The fraction of sp³-hybridized carbons (Fsp3) is 0.263. The van der Waals surface area contributed by atoms with Gasteiger partial charge in [0.2, 0.25) is 0 Å². The molecule has 1 N–H and O–H groups in total. The number of hydrogen-bond donors (Lipinski definition) is 1. The van der Waals surface area contributed by atoms with Crippen molar-refractivity contribution in [2.24, 2.45) is 0 Å². The minimum atomic E-state index is -0.753. The highest BCUT2D eigenvalue weighted by Crippen LogP contribution is 2.32. The van der Waals surface area contributed by atoms with Gasteiger partial charge in [-0.05, 0) is 43.0 Å². The number of allylic oxidation sites excluding steroid dienone is 1. The molecule has 1 aliphatic heterocycles. The summed E-state index contributed by atoms with van der Waals surface area (Å²) in [5.74, 6) is -0.950. The number of nitrogens with one attached hydrogen (secondary N) is 1. The standard InChI is InChI=1S/C19H19FN2O3S/c1-3-25-18(23)16-12(2)22(11-15-8-5-9-26-15)19(24)21-17(16)13-6-4-7-14(20)10-13/h4-10,17H,3,11H2,1-2H3,(H,21,24). The first-order valence-electron chi connectivity index (χ1n) is 8.25. The number of amides is 2. The Morgan fingerprint density at radius 1 is 1.35 bits per heavy atom. The zero-order chi connectivity index (χ0) is 18.7. The summed E-state index contributed by atoms with van der Waals surface area (Å²) >= 11 is 1.53. The van der Waals surface area contributed by atoms with Gasteiger partial charge in [-0.1, -0.05) is 18.2 Å². The summed E-state index contributed by atoms with van der Waals surface area (Å²) in [6.45, 7) is 4.00. The molecule has 7 heteroatoms. The zero-order valence-corrected chi connectivity index (χ0v) is 15.3. The molecule has 0 saturated heterocycles. The van der Waals surface area contributed by atoms with Gasteiger partial charge in [0.05, 0.1) is 24.8 Å². The highest BCUT2D eigenvalue weighted by Gasteiger charge is 2.36. The predicted octanol–water partition coefficient (Wildman–Crippen LogP) is 3.99. The minimum Gasteiger partial charge on any atom is -0.463 e. The molecular weight excluding hydrogens is 355 g/mol. The maximum absolute atomic E-state index is 13.7. The van der Waals surface area contributed by atoms with Crippen LogP contribution in [0.2, 0.25) is 0 Å². The van der Waals surface area contributed by atoms with Crippen LogP contribution in [0.5, 0.6) is 0 Å². The average molecular weight is 374 g/mol. The van der Waals surface area contributed by atoms with Crippen LogP contribution in [0.3, 0.4) is 0 Å². The van der Waals surface area contributed by atoms with Crippen LogP contribution in [-0.4, -0.2) is 23.5 Å². The topological polar surface area (TPSA) is 58.6 Å². The lowest BCUT2D eigenvalue weighted by atomic mass is 9.95. The van der Waals surface area contributed by atoms with E-state index in [0.29, 0.717) is 23.4 Å². The van der Waals surface area contributed by atoms with E-state index in [-0.39, 0.29) is 12.6 Å². The first kappa shape index (κ1) is 18.1. The van der Waals surface area contributed by atoms with E-state index in [1.807, 2.05) is 17.5 Å². The number of ether oxygens (including phenoxy) is 1. The van der Waals surface area contributed by atoms with Gasteiger partial charge in [-0.25, -0.2) is 14.0 Å². The van der Waals surface area contributed by atoms with Crippen molar-refractivity contribution < 1.29 is 18.7 Å². The maximum atomic E-state index is 13.7. The van der Waals surface area contributed by atoms with Gasteiger partial charge in [0.1, 0.15) is 5.82 Å². The van der Waals surface area contributed by atoms with E-state index in [2.05, 4.69) is 5.32 Å². The van der Waals surface area contributed by atoms with Gasteiger partial charge in [0.15, 0.2) is 0 Å². The summed E-state index contributed by atoms with van der Waals surface area (Å²) in [6.07, 6.45) is 0. The van der Waals surface area contributed by atoms with Crippen LogP contribution in [0.25, 0.3) is 0 Å². The number of carbonyl (C=O) groups excluding carboxylic acids is 2. The summed E-state index contributed by atoms with van der Waals surface area (Å²) in [5, 5.41) is 4.74. The van der Waals surface area contributed by atoms with Crippen LogP contribution >= 0.6 is 11.3 Å². The summed E-state index contributed by atoms with van der Waals surface area (Å²) in [5.41, 5.74) is 1.32. The van der Waals surface area contributed by atoms with Gasteiger partial charge in [-0.15, -0.1) is 11.3 Å². The number of benzene rings is 1. The largest absolute Gasteiger partial charge is 0.463 e. The second-order valence-corrected chi connectivity index (χ2v) is 6.85. The van der Waals surface area contributed by atoms with Gasteiger partial charge >= 0.3 is 12.0 Å². The lowest BCUT2D eigenvalue weighted by Crippen LogP contribution is -2.47. The number of thiophene rings is 1. The predicted molar refractivity (Wildman–Crippen MR) is 96.9 cm³/mol. The third-order valence-electron chi connectivity index (χ3n) is 4.17. The SMILES string of the molecule is CCOC(=O)C1=C(C)N(Cc2cccs2)C(=O)NC1c1cccc(F)c1. The van der Waals surface area contributed by atoms with Crippen LogP contribution in [0.1, 0.15) is 30.3 Å². The monoisotopic (exact) mass is 374 g/mol. The third kappa shape index (κ3) is 3.62. The Labute approximate surface area is 155 Å². The Balaban J connectivity index is 2.04. The molecular formula is C19H19FN2O3S. The molecule has 0 spiro atoms. The summed E-state index contributed by atoms with van der Waals surface area (Å²) in [4.78, 5) is 27.7. The number of hydrogen-bond acceptors (Lipinski definition) is 4. The van der Waals surface area contributed by atoms with Crippen LogP contribution in [0, 0.1) is 5.82 Å². The van der Waals surface area contributed by atoms with Gasteiger partial charge in [0.25, 0.3) is 0 Å². The van der Waals surface area contributed by atoms with Crippen molar-refractivity contribution in [1.29, 1.82) is 0 Å². The molecule has 2 amide bonds. The highest BCUT2D eigenvalue weighted by atomic mass is 32.1. The van der Waals surface area contributed by atoms with Crippen molar-refractivity contribution >= 4 is 23.3 Å². The molecule has 0 saturated carbocycles. The molecule has 1 atom stereocenters. The van der Waals surface area contributed by atoms with E-state index in [4.69, 9.17) is 4.74 Å². The first-order chi connectivity index (χ1) is 12.5. The molecule has 1 unspecified atom stereocenters. The number of rotatable bonds is 5. The van der Waals surface area contributed by atoms with Gasteiger partial charge in [0, 0.05) is 10.6 Å². The quantitative estimate of drug-likeness (QED) is 0.805. The molecule has 5 nitrogen and oxygen atoms in total. The fourth-order valence-corrected chi connectivity index (χ4v) is 3.63. The van der Waals surface area contributed by atoms with Crippen molar-refractivity contribution in [2.45, 2.75) is 26.4 Å². The Kier molecular flexibility index (Phi) is 5.37. The second-order valence-electron chi connectivity index (χ2n) is 5.82. The van der Waals surface area contributed by atoms with Crippen LogP contribution in [-0.2, 0) is 16.1 Å². The van der Waals surface area contributed by atoms with E-state index in [1.54, 1.807) is 26.0 Å².